The Bertz CT molecular complexity index is 567. The molecule has 8 heteroatoms. The summed E-state index contributed by atoms with van der Waals surface area (Å²) in [5, 5.41) is 9.45. The molecule has 6 nitrogen and oxygen atoms in total. The predicted molar refractivity (Wildman–Crippen MR) is 87.7 cm³/mol. The van der Waals surface area contributed by atoms with Crippen molar-refractivity contribution < 1.29 is 24.2 Å². The summed E-state index contributed by atoms with van der Waals surface area (Å²) in [4.78, 5) is 25.1. The summed E-state index contributed by atoms with van der Waals surface area (Å²) in [5.74, 6) is -1.23. The Kier molecular flexibility index (Phi) is 7.61. The largest absolute Gasteiger partial charge is 0.490 e. The van der Waals surface area contributed by atoms with Gasteiger partial charge in [-0.2, -0.15) is 0 Å². The van der Waals surface area contributed by atoms with Crippen molar-refractivity contribution in [1.29, 1.82) is 0 Å². The Morgan fingerprint density at radius 2 is 2.13 bits per heavy atom. The molecular formula is C15H19Cl2NO5. The minimum Gasteiger partial charge on any atom is -0.490 e. The van der Waals surface area contributed by atoms with Crippen LogP contribution in [-0.4, -0.2) is 55.3 Å². The Balaban J connectivity index is 0.00000264. The van der Waals surface area contributed by atoms with Crippen LogP contribution in [0.2, 0.25) is 5.02 Å². The molecule has 1 saturated heterocycles. The molecule has 1 unspecified atom stereocenters. The number of halogens is 2. The molecule has 0 radical (unpaired) electrons. The summed E-state index contributed by atoms with van der Waals surface area (Å²) in [6, 6.07) is 4.82. The molecular weight excluding hydrogens is 345 g/mol. The molecule has 1 aromatic rings. The van der Waals surface area contributed by atoms with Crippen LogP contribution in [0.1, 0.15) is 16.8 Å². The molecule has 1 aliphatic heterocycles. The predicted octanol–water partition coefficient (Wildman–Crippen LogP) is 2.33. The van der Waals surface area contributed by atoms with Crippen LogP contribution in [0, 0.1) is 5.92 Å². The highest BCUT2D eigenvalue weighted by molar-refractivity contribution is 6.31. The van der Waals surface area contributed by atoms with E-state index in [1.54, 1.807) is 25.3 Å². The van der Waals surface area contributed by atoms with Crippen LogP contribution in [0.4, 0.5) is 0 Å². The molecule has 0 aromatic heterocycles. The SMILES string of the molecule is COCCOc1ccc(Cl)cc1C(=O)N1CCC(C(=O)O)C1.Cl. The number of carbonyl (C=O) groups is 2. The Morgan fingerprint density at radius 3 is 2.74 bits per heavy atom. The number of likely N-dealkylation sites (tertiary alicyclic amines) is 1. The molecule has 1 amide bonds. The molecule has 1 aromatic carbocycles. The molecule has 1 fully saturated rings. The van der Waals surface area contributed by atoms with Crippen molar-refractivity contribution >= 4 is 35.9 Å². The quantitative estimate of drug-likeness (QED) is 0.785. The zero-order chi connectivity index (χ0) is 16.1. The lowest BCUT2D eigenvalue weighted by Gasteiger charge is -2.18. The van der Waals surface area contributed by atoms with Crippen molar-refractivity contribution in [2.75, 3.05) is 33.4 Å². The highest BCUT2D eigenvalue weighted by atomic mass is 35.5. The highest BCUT2D eigenvalue weighted by Crippen LogP contribution is 2.27. The Morgan fingerprint density at radius 1 is 1.39 bits per heavy atom. The molecule has 0 aliphatic carbocycles. The van der Waals surface area contributed by atoms with Gasteiger partial charge in [0.15, 0.2) is 0 Å². The van der Waals surface area contributed by atoms with Crippen LogP contribution in [-0.2, 0) is 9.53 Å². The maximum absolute atomic E-state index is 12.6. The van der Waals surface area contributed by atoms with E-state index in [0.717, 1.165) is 0 Å². The second kappa shape index (κ2) is 8.96. The standard InChI is InChI=1S/C15H18ClNO5.ClH/c1-21-6-7-22-13-3-2-11(16)8-12(13)14(18)17-5-4-10(9-17)15(19)20;/h2-3,8,10H,4-7,9H2,1H3,(H,19,20);1H. The van der Waals surface area contributed by atoms with Crippen molar-refractivity contribution in [3.8, 4) is 5.75 Å². The lowest BCUT2D eigenvalue weighted by atomic mass is 10.1. The number of ether oxygens (including phenoxy) is 2. The van der Waals surface area contributed by atoms with E-state index in [0.29, 0.717) is 42.5 Å². The van der Waals surface area contributed by atoms with Crippen LogP contribution < -0.4 is 4.74 Å². The average molecular weight is 364 g/mol. The third-order valence-electron chi connectivity index (χ3n) is 3.54. The van der Waals surface area contributed by atoms with E-state index in [9.17, 15) is 9.59 Å². The number of carboxylic acids is 1. The number of amides is 1. The van der Waals surface area contributed by atoms with Crippen LogP contribution >= 0.6 is 24.0 Å². The molecule has 1 atom stereocenters. The van der Waals surface area contributed by atoms with Gasteiger partial charge in [-0.15, -0.1) is 12.4 Å². The van der Waals surface area contributed by atoms with Gasteiger partial charge in [0.25, 0.3) is 5.91 Å². The first-order valence-electron chi connectivity index (χ1n) is 6.96. The van der Waals surface area contributed by atoms with Crippen LogP contribution in [0.25, 0.3) is 0 Å². The summed E-state index contributed by atoms with van der Waals surface area (Å²) in [5.41, 5.74) is 0.342. The third kappa shape index (κ3) is 4.99. The van der Waals surface area contributed by atoms with Crippen molar-refractivity contribution in [3.05, 3.63) is 28.8 Å². The summed E-state index contributed by atoms with van der Waals surface area (Å²) >= 11 is 5.96. The van der Waals surface area contributed by atoms with Crippen LogP contribution in [0.15, 0.2) is 18.2 Å². The summed E-state index contributed by atoms with van der Waals surface area (Å²) < 4.78 is 10.5. The zero-order valence-electron chi connectivity index (χ0n) is 12.7. The van der Waals surface area contributed by atoms with Gasteiger partial charge in [0.2, 0.25) is 0 Å². The van der Waals surface area contributed by atoms with Gasteiger partial charge in [-0.1, -0.05) is 11.6 Å². The molecule has 0 saturated carbocycles. The smallest absolute Gasteiger partial charge is 0.308 e. The second-order valence-corrected chi connectivity index (χ2v) is 5.49. The summed E-state index contributed by atoms with van der Waals surface area (Å²) in [6.07, 6.45) is 0.460. The third-order valence-corrected chi connectivity index (χ3v) is 3.78. The molecule has 1 aliphatic rings. The van der Waals surface area contributed by atoms with Crippen LogP contribution in [0.3, 0.4) is 0 Å². The van der Waals surface area contributed by atoms with Gasteiger partial charge < -0.3 is 19.5 Å². The number of carboxylic acid groups (broad SMARTS) is 1. The fourth-order valence-electron chi connectivity index (χ4n) is 2.35. The number of carbonyl (C=O) groups excluding carboxylic acids is 1. The molecule has 23 heavy (non-hydrogen) atoms. The van der Waals surface area contributed by atoms with E-state index in [1.807, 2.05) is 0 Å². The Hall–Kier alpha value is -1.50. The minimum absolute atomic E-state index is 0. The number of hydrogen-bond donors (Lipinski definition) is 1. The van der Waals surface area contributed by atoms with Gasteiger partial charge in [0, 0.05) is 25.2 Å². The number of aliphatic carboxylic acids is 1. The van der Waals surface area contributed by atoms with Crippen LogP contribution in [0.5, 0.6) is 5.75 Å². The summed E-state index contributed by atoms with van der Waals surface area (Å²) in [6.45, 7) is 1.34. The first-order chi connectivity index (χ1) is 10.5. The molecule has 128 valence electrons. The normalized spacial score (nSPS) is 16.8. The molecule has 2 rings (SSSR count). The summed E-state index contributed by atoms with van der Waals surface area (Å²) in [7, 11) is 1.56. The van der Waals surface area contributed by atoms with E-state index in [4.69, 9.17) is 26.2 Å². The topological polar surface area (TPSA) is 76.1 Å². The van der Waals surface area contributed by atoms with Gasteiger partial charge in [0.1, 0.15) is 12.4 Å². The monoisotopic (exact) mass is 363 g/mol. The number of benzene rings is 1. The number of methoxy groups -OCH3 is 1. The second-order valence-electron chi connectivity index (χ2n) is 5.06. The van der Waals surface area contributed by atoms with E-state index >= 15 is 0 Å². The first-order valence-corrected chi connectivity index (χ1v) is 7.34. The van der Waals surface area contributed by atoms with Gasteiger partial charge in [-0.05, 0) is 24.6 Å². The molecule has 1 heterocycles. The van der Waals surface area contributed by atoms with E-state index in [-0.39, 0.29) is 24.9 Å². The molecule has 0 bridgehead atoms. The fourth-order valence-corrected chi connectivity index (χ4v) is 2.52. The number of hydrogen-bond acceptors (Lipinski definition) is 4. The number of nitrogens with zero attached hydrogens (tertiary/aromatic N) is 1. The van der Waals surface area contributed by atoms with Crippen molar-refractivity contribution in [3.63, 3.8) is 0 Å². The first kappa shape index (κ1) is 19.5. The van der Waals surface area contributed by atoms with Gasteiger partial charge in [-0.3, -0.25) is 9.59 Å². The molecule has 0 spiro atoms. The lowest BCUT2D eigenvalue weighted by Crippen LogP contribution is -2.30. The van der Waals surface area contributed by atoms with E-state index in [2.05, 4.69) is 0 Å². The Labute approximate surface area is 145 Å². The van der Waals surface area contributed by atoms with Gasteiger partial charge >= 0.3 is 5.97 Å². The number of rotatable bonds is 6. The van der Waals surface area contributed by atoms with Crippen molar-refractivity contribution in [2.45, 2.75) is 6.42 Å². The zero-order valence-corrected chi connectivity index (χ0v) is 14.2. The van der Waals surface area contributed by atoms with E-state index < -0.39 is 11.9 Å². The minimum atomic E-state index is -0.877. The maximum atomic E-state index is 12.6. The van der Waals surface area contributed by atoms with Gasteiger partial charge in [0.05, 0.1) is 18.1 Å². The molecule has 1 N–H and O–H groups in total. The van der Waals surface area contributed by atoms with Crippen molar-refractivity contribution in [1.82, 2.24) is 4.90 Å². The van der Waals surface area contributed by atoms with Crippen molar-refractivity contribution in [2.24, 2.45) is 5.92 Å². The maximum Gasteiger partial charge on any atom is 0.308 e. The average Bonchev–Trinajstić information content (AvgIpc) is 2.98. The highest BCUT2D eigenvalue weighted by Gasteiger charge is 2.32. The lowest BCUT2D eigenvalue weighted by molar-refractivity contribution is -0.141. The van der Waals surface area contributed by atoms with Gasteiger partial charge in [-0.25, -0.2) is 0 Å². The fraction of sp³-hybridized carbons (Fsp3) is 0.467. The van der Waals surface area contributed by atoms with E-state index in [1.165, 1.54) is 4.90 Å².